The Bertz CT molecular complexity index is 1940. The number of fused-ring (bicyclic) bond motifs is 2. The summed E-state index contributed by atoms with van der Waals surface area (Å²) in [5, 5.41) is 2.91. The molecule has 0 saturated heterocycles. The van der Waals surface area contributed by atoms with Gasteiger partial charge in [0.1, 0.15) is 0 Å². The van der Waals surface area contributed by atoms with E-state index in [4.69, 9.17) is 27.9 Å². The summed E-state index contributed by atoms with van der Waals surface area (Å²) in [5.41, 5.74) is 6.75. The third kappa shape index (κ3) is 5.09. The molecule has 0 bridgehead atoms. The summed E-state index contributed by atoms with van der Waals surface area (Å²) < 4.78 is 34.7. The molecule has 5 nitrogen and oxygen atoms in total. The molecule has 5 aromatic carbocycles. The van der Waals surface area contributed by atoms with Crippen LogP contribution in [0.3, 0.4) is 0 Å². The predicted octanol–water partition coefficient (Wildman–Crippen LogP) is 8.67. The fraction of sp³-hybridized carbons (Fsp3) is 0.147. The Labute approximate surface area is 255 Å². The van der Waals surface area contributed by atoms with Gasteiger partial charge < -0.3 is 4.74 Å². The molecule has 0 atom stereocenters. The van der Waals surface area contributed by atoms with E-state index < -0.39 is 16.0 Å². The highest BCUT2D eigenvalue weighted by Crippen LogP contribution is 2.47. The molecule has 0 fully saturated rings. The lowest BCUT2D eigenvalue weighted by molar-refractivity contribution is 0.0526. The molecular weight excluding hydrogens is 589 g/mol. The first-order valence-electron chi connectivity index (χ1n) is 13.5. The van der Waals surface area contributed by atoms with Crippen LogP contribution in [0, 0.1) is 6.92 Å². The maximum atomic E-state index is 13.9. The maximum Gasteiger partial charge on any atom is 0.338 e. The molecule has 6 rings (SSSR count). The van der Waals surface area contributed by atoms with Crippen LogP contribution in [0.2, 0.25) is 10.0 Å². The van der Waals surface area contributed by atoms with Gasteiger partial charge in [-0.3, -0.25) is 0 Å². The third-order valence-electron chi connectivity index (χ3n) is 7.63. The minimum Gasteiger partial charge on any atom is -0.462 e. The molecule has 1 heterocycles. The molecule has 0 amide bonds. The molecule has 1 aliphatic heterocycles. The first-order valence-corrected chi connectivity index (χ1v) is 15.7. The second kappa shape index (κ2) is 11.2. The van der Waals surface area contributed by atoms with Gasteiger partial charge >= 0.3 is 5.97 Å². The van der Waals surface area contributed by atoms with Crippen LogP contribution >= 0.6 is 23.2 Å². The van der Waals surface area contributed by atoms with E-state index in [2.05, 4.69) is 0 Å². The minimum absolute atomic E-state index is 0.170. The first kappa shape index (κ1) is 28.4. The van der Waals surface area contributed by atoms with Crippen molar-refractivity contribution in [2.24, 2.45) is 0 Å². The molecule has 8 heteroatoms. The number of halogens is 2. The molecule has 0 N–H and O–H groups in total. The first-order chi connectivity index (χ1) is 20.2. The Morgan fingerprint density at radius 3 is 1.81 bits per heavy atom. The molecule has 0 spiro atoms. The van der Waals surface area contributed by atoms with Gasteiger partial charge in [0.2, 0.25) is 10.0 Å². The van der Waals surface area contributed by atoms with Gasteiger partial charge in [0.05, 0.1) is 17.1 Å². The van der Waals surface area contributed by atoms with Gasteiger partial charge in [0, 0.05) is 23.1 Å². The number of sulfonamides is 1. The quantitative estimate of drug-likeness (QED) is 0.179. The summed E-state index contributed by atoms with van der Waals surface area (Å²) in [7, 11) is -3.81. The van der Waals surface area contributed by atoms with E-state index in [-0.39, 0.29) is 24.6 Å². The van der Waals surface area contributed by atoms with Crippen LogP contribution < -0.4 is 0 Å². The molecule has 5 aromatic rings. The molecule has 0 saturated carbocycles. The van der Waals surface area contributed by atoms with Crippen LogP contribution in [0.1, 0.15) is 34.0 Å². The molecule has 0 aromatic heterocycles. The SMILES string of the molecule is CCOC(=O)c1ccc2c(-c3ccc(Cl)cc3)c3c(c(-c4ccc(Cl)cc4)c2c1)CN(S(=O)(=O)c1ccc(C)cc1)C3. The van der Waals surface area contributed by atoms with Gasteiger partial charge in [-0.05, 0) is 107 Å². The summed E-state index contributed by atoms with van der Waals surface area (Å²) in [5.74, 6) is -0.418. The highest BCUT2D eigenvalue weighted by atomic mass is 35.5. The number of aryl methyl sites for hydroxylation is 1. The van der Waals surface area contributed by atoms with Crippen LogP contribution in [0.5, 0.6) is 0 Å². The number of carbonyl (C=O) groups excluding carboxylic acids is 1. The van der Waals surface area contributed by atoms with Crippen LogP contribution in [-0.2, 0) is 27.8 Å². The molecule has 0 radical (unpaired) electrons. The lowest BCUT2D eigenvalue weighted by Crippen LogP contribution is -2.25. The van der Waals surface area contributed by atoms with E-state index in [1.165, 1.54) is 4.31 Å². The zero-order valence-electron chi connectivity index (χ0n) is 23.0. The third-order valence-corrected chi connectivity index (χ3v) is 9.94. The van der Waals surface area contributed by atoms with Crippen molar-refractivity contribution in [3.63, 3.8) is 0 Å². The highest BCUT2D eigenvalue weighted by Gasteiger charge is 2.35. The summed E-state index contributed by atoms with van der Waals surface area (Å²) >= 11 is 12.5. The number of hydrogen-bond donors (Lipinski definition) is 0. The number of rotatable bonds is 6. The zero-order chi connectivity index (χ0) is 29.6. The maximum absolute atomic E-state index is 13.9. The highest BCUT2D eigenvalue weighted by molar-refractivity contribution is 7.89. The van der Waals surface area contributed by atoms with Crippen molar-refractivity contribution in [3.05, 3.63) is 123 Å². The van der Waals surface area contributed by atoms with Crippen molar-refractivity contribution in [3.8, 4) is 22.3 Å². The smallest absolute Gasteiger partial charge is 0.338 e. The van der Waals surface area contributed by atoms with Gasteiger partial charge in [0.25, 0.3) is 0 Å². The van der Waals surface area contributed by atoms with Crippen LogP contribution in [-0.4, -0.2) is 25.3 Å². The van der Waals surface area contributed by atoms with Gasteiger partial charge in [-0.15, -0.1) is 0 Å². The second-order valence-electron chi connectivity index (χ2n) is 10.3. The monoisotopic (exact) mass is 615 g/mol. The van der Waals surface area contributed by atoms with Crippen molar-refractivity contribution < 1.29 is 17.9 Å². The fourth-order valence-corrected chi connectivity index (χ4v) is 7.25. The predicted molar refractivity (Wildman–Crippen MR) is 168 cm³/mol. The summed E-state index contributed by atoms with van der Waals surface area (Å²) in [6, 6.07) is 27.4. The topological polar surface area (TPSA) is 63.7 Å². The Morgan fingerprint density at radius 2 is 1.29 bits per heavy atom. The Hall–Kier alpha value is -3.68. The molecule has 1 aliphatic rings. The van der Waals surface area contributed by atoms with Crippen LogP contribution in [0.4, 0.5) is 0 Å². The standard InChI is InChI=1S/C34H27Cl2NO4S/c1-3-41-34(38)24-10-17-28-29(18-24)33(23-8-13-26(36)14-9-23)31-20-37(42(39,40)27-15-4-21(2)5-16-27)19-30(31)32(28)22-6-11-25(35)12-7-22/h4-18H,3,19-20H2,1-2H3. The lowest BCUT2D eigenvalue weighted by atomic mass is 9.84. The zero-order valence-corrected chi connectivity index (χ0v) is 25.4. The average molecular weight is 617 g/mol. The average Bonchev–Trinajstić information content (AvgIpc) is 3.43. The van der Waals surface area contributed by atoms with E-state index in [1.54, 1.807) is 37.3 Å². The fourth-order valence-electron chi connectivity index (χ4n) is 5.62. The number of benzene rings is 5. The Kier molecular flexibility index (Phi) is 7.58. The number of esters is 1. The van der Waals surface area contributed by atoms with Gasteiger partial charge in [0.15, 0.2) is 0 Å². The number of ether oxygens (including phenoxy) is 1. The molecular formula is C34H27Cl2NO4S. The van der Waals surface area contributed by atoms with E-state index in [0.717, 1.165) is 49.7 Å². The van der Waals surface area contributed by atoms with E-state index in [1.807, 2.05) is 67.6 Å². The van der Waals surface area contributed by atoms with Crippen LogP contribution in [0.25, 0.3) is 33.0 Å². The van der Waals surface area contributed by atoms with Crippen molar-refractivity contribution in [1.82, 2.24) is 4.31 Å². The van der Waals surface area contributed by atoms with Gasteiger partial charge in [-0.2, -0.15) is 4.31 Å². The summed E-state index contributed by atoms with van der Waals surface area (Å²) in [6.45, 7) is 4.32. The molecule has 0 aliphatic carbocycles. The van der Waals surface area contributed by atoms with E-state index in [0.29, 0.717) is 15.6 Å². The largest absolute Gasteiger partial charge is 0.462 e. The molecule has 0 unspecified atom stereocenters. The van der Waals surface area contributed by atoms with E-state index >= 15 is 0 Å². The number of nitrogens with zero attached hydrogens (tertiary/aromatic N) is 1. The van der Waals surface area contributed by atoms with Crippen molar-refractivity contribution >= 4 is 50.0 Å². The van der Waals surface area contributed by atoms with Crippen molar-refractivity contribution in [2.45, 2.75) is 31.8 Å². The molecule has 212 valence electrons. The second-order valence-corrected chi connectivity index (χ2v) is 13.1. The Balaban J connectivity index is 1.65. The minimum atomic E-state index is -3.81. The van der Waals surface area contributed by atoms with E-state index in [9.17, 15) is 13.2 Å². The number of hydrogen-bond acceptors (Lipinski definition) is 4. The van der Waals surface area contributed by atoms with Crippen molar-refractivity contribution in [2.75, 3.05) is 6.61 Å². The lowest BCUT2D eigenvalue weighted by Gasteiger charge is -2.19. The summed E-state index contributed by atoms with van der Waals surface area (Å²) in [4.78, 5) is 13.1. The molecule has 42 heavy (non-hydrogen) atoms. The van der Waals surface area contributed by atoms with Crippen LogP contribution in [0.15, 0.2) is 95.9 Å². The van der Waals surface area contributed by atoms with Crippen molar-refractivity contribution in [1.29, 1.82) is 0 Å². The Morgan fingerprint density at radius 1 is 0.762 bits per heavy atom. The van der Waals surface area contributed by atoms with Gasteiger partial charge in [-0.1, -0.05) is 71.2 Å². The number of carbonyl (C=O) groups is 1. The van der Waals surface area contributed by atoms with Gasteiger partial charge in [-0.25, -0.2) is 13.2 Å². The normalized spacial score (nSPS) is 13.3. The summed E-state index contributed by atoms with van der Waals surface area (Å²) in [6.07, 6.45) is 0.